The third kappa shape index (κ3) is 2.08. The first kappa shape index (κ1) is 11.4. The third-order valence-electron chi connectivity index (χ3n) is 2.25. The minimum atomic E-state index is -4.53. The summed E-state index contributed by atoms with van der Waals surface area (Å²) >= 11 is 0. The molecule has 4 nitrogen and oxygen atoms in total. The van der Waals surface area contributed by atoms with E-state index in [-0.39, 0.29) is 10.9 Å². The Balaban J connectivity index is 2.68. The summed E-state index contributed by atoms with van der Waals surface area (Å²) in [5.41, 5.74) is -1.09. The number of benzene rings is 1. The molecule has 0 radical (unpaired) electrons. The predicted molar refractivity (Wildman–Crippen MR) is 52.4 cm³/mol. The highest BCUT2D eigenvalue weighted by atomic mass is 19.4. The topological polar surface area (TPSA) is 55.1 Å². The molecule has 0 spiro atoms. The number of fused-ring (bicyclic) bond motifs is 1. The summed E-state index contributed by atoms with van der Waals surface area (Å²) in [4.78, 5) is 10.5. The second-order valence-electron chi connectivity index (χ2n) is 3.44. The fourth-order valence-electron chi connectivity index (χ4n) is 1.62. The lowest BCUT2D eigenvalue weighted by atomic mass is 10.1. The molecule has 2 rings (SSSR count). The van der Waals surface area contributed by atoms with Crippen LogP contribution in [0.2, 0.25) is 0 Å². The molecule has 0 aliphatic carbocycles. The van der Waals surface area contributed by atoms with Crippen LogP contribution < -0.4 is 0 Å². The summed E-state index contributed by atoms with van der Waals surface area (Å²) in [6.45, 7) is -0.601. The SMILES string of the molecule is O=C(O)Cn1ncc2cccc(C(F)(F)F)c21. The second-order valence-corrected chi connectivity index (χ2v) is 3.44. The first-order valence-electron chi connectivity index (χ1n) is 4.63. The Morgan fingerprint density at radius 3 is 2.71 bits per heavy atom. The molecule has 0 aliphatic rings. The van der Waals surface area contributed by atoms with E-state index in [9.17, 15) is 18.0 Å². The maximum absolute atomic E-state index is 12.7. The van der Waals surface area contributed by atoms with Crippen LogP contribution in [0.3, 0.4) is 0 Å². The van der Waals surface area contributed by atoms with Gasteiger partial charge in [0.15, 0.2) is 0 Å². The van der Waals surface area contributed by atoms with Crippen molar-refractivity contribution >= 4 is 16.9 Å². The maximum atomic E-state index is 12.7. The molecular formula is C10H7F3N2O2. The smallest absolute Gasteiger partial charge is 0.418 e. The summed E-state index contributed by atoms with van der Waals surface area (Å²) < 4.78 is 39.0. The van der Waals surface area contributed by atoms with Gasteiger partial charge < -0.3 is 5.11 Å². The average molecular weight is 244 g/mol. The van der Waals surface area contributed by atoms with Crippen molar-refractivity contribution in [3.63, 3.8) is 0 Å². The molecule has 2 aromatic rings. The molecule has 7 heteroatoms. The number of alkyl halides is 3. The molecule has 0 saturated heterocycles. The Bertz CT molecular complexity index is 574. The zero-order valence-electron chi connectivity index (χ0n) is 8.40. The number of carboxylic acids is 1. The van der Waals surface area contributed by atoms with Gasteiger partial charge in [-0.3, -0.25) is 9.48 Å². The summed E-state index contributed by atoms with van der Waals surface area (Å²) in [5, 5.41) is 12.5. The van der Waals surface area contributed by atoms with Crippen molar-refractivity contribution < 1.29 is 23.1 Å². The standard InChI is InChI=1S/C10H7F3N2O2/c11-10(12,13)7-3-1-2-6-4-14-15(9(6)7)5-8(16)17/h1-4H,5H2,(H,16,17). The highest BCUT2D eigenvalue weighted by molar-refractivity contribution is 5.83. The molecule has 0 amide bonds. The van der Waals surface area contributed by atoms with Gasteiger partial charge in [-0.05, 0) is 6.07 Å². The number of halogens is 3. The van der Waals surface area contributed by atoms with E-state index in [1.165, 1.54) is 18.3 Å². The van der Waals surface area contributed by atoms with Gasteiger partial charge in [-0.1, -0.05) is 12.1 Å². The molecule has 0 atom stereocenters. The van der Waals surface area contributed by atoms with E-state index in [1.807, 2.05) is 0 Å². The zero-order chi connectivity index (χ0) is 12.6. The molecule has 0 fully saturated rings. The van der Waals surface area contributed by atoms with Crippen molar-refractivity contribution in [1.29, 1.82) is 0 Å². The number of carboxylic acid groups (broad SMARTS) is 1. The molecule has 1 aromatic heterocycles. The van der Waals surface area contributed by atoms with Crippen LogP contribution >= 0.6 is 0 Å². The van der Waals surface area contributed by atoms with Crippen LogP contribution in [0.25, 0.3) is 10.9 Å². The van der Waals surface area contributed by atoms with E-state index < -0.39 is 24.3 Å². The molecule has 0 saturated carbocycles. The Labute approximate surface area is 93.3 Å². The first-order chi connectivity index (χ1) is 7.89. The van der Waals surface area contributed by atoms with Crippen LogP contribution in [0.15, 0.2) is 24.4 Å². The lowest BCUT2D eigenvalue weighted by molar-refractivity contribution is -0.139. The molecule has 0 unspecified atom stereocenters. The normalized spacial score (nSPS) is 11.9. The van der Waals surface area contributed by atoms with Crippen molar-refractivity contribution in [2.45, 2.75) is 12.7 Å². The molecule has 0 aliphatic heterocycles. The summed E-state index contributed by atoms with van der Waals surface area (Å²) in [6.07, 6.45) is -3.32. The van der Waals surface area contributed by atoms with Gasteiger partial charge >= 0.3 is 12.1 Å². The van der Waals surface area contributed by atoms with Gasteiger partial charge in [0.05, 0.1) is 17.3 Å². The molecule has 17 heavy (non-hydrogen) atoms. The van der Waals surface area contributed by atoms with Gasteiger partial charge in [-0.15, -0.1) is 0 Å². The van der Waals surface area contributed by atoms with E-state index in [1.54, 1.807) is 0 Å². The van der Waals surface area contributed by atoms with Crippen LogP contribution in [0.4, 0.5) is 13.2 Å². The van der Waals surface area contributed by atoms with Gasteiger partial charge in [0, 0.05) is 5.39 Å². The van der Waals surface area contributed by atoms with Gasteiger partial charge in [0.2, 0.25) is 0 Å². The lowest BCUT2D eigenvalue weighted by Crippen LogP contribution is -2.13. The average Bonchev–Trinajstić information content (AvgIpc) is 2.59. The minimum absolute atomic E-state index is 0.206. The van der Waals surface area contributed by atoms with Crippen molar-refractivity contribution in [3.05, 3.63) is 30.0 Å². The lowest BCUT2D eigenvalue weighted by Gasteiger charge is -2.09. The van der Waals surface area contributed by atoms with E-state index in [0.29, 0.717) is 0 Å². The molecule has 1 N–H and O–H groups in total. The van der Waals surface area contributed by atoms with Crippen molar-refractivity contribution in [2.75, 3.05) is 0 Å². The molecule has 1 aromatic carbocycles. The third-order valence-corrected chi connectivity index (χ3v) is 2.25. The van der Waals surface area contributed by atoms with Crippen molar-refractivity contribution in [1.82, 2.24) is 9.78 Å². The monoisotopic (exact) mass is 244 g/mol. The van der Waals surface area contributed by atoms with Gasteiger partial charge in [0.25, 0.3) is 0 Å². The van der Waals surface area contributed by atoms with E-state index in [2.05, 4.69) is 5.10 Å². The Morgan fingerprint density at radius 1 is 1.41 bits per heavy atom. The van der Waals surface area contributed by atoms with Crippen molar-refractivity contribution in [2.24, 2.45) is 0 Å². The van der Waals surface area contributed by atoms with E-state index in [4.69, 9.17) is 5.11 Å². The van der Waals surface area contributed by atoms with Crippen LogP contribution in [-0.2, 0) is 17.5 Å². The quantitative estimate of drug-likeness (QED) is 0.880. The molecular weight excluding hydrogens is 237 g/mol. The fourth-order valence-corrected chi connectivity index (χ4v) is 1.62. The summed E-state index contributed by atoms with van der Waals surface area (Å²) in [7, 11) is 0. The number of aliphatic carboxylic acids is 1. The molecule has 90 valence electrons. The molecule has 1 heterocycles. The largest absolute Gasteiger partial charge is 0.480 e. The fraction of sp³-hybridized carbons (Fsp3) is 0.200. The Morgan fingerprint density at radius 2 is 2.12 bits per heavy atom. The Kier molecular flexibility index (Phi) is 2.53. The number of hydrogen-bond donors (Lipinski definition) is 1. The first-order valence-corrected chi connectivity index (χ1v) is 4.63. The number of rotatable bonds is 2. The highest BCUT2D eigenvalue weighted by Crippen LogP contribution is 2.34. The number of carbonyl (C=O) groups is 1. The molecule has 0 bridgehead atoms. The maximum Gasteiger partial charge on any atom is 0.418 e. The van der Waals surface area contributed by atoms with Gasteiger partial charge in [-0.2, -0.15) is 18.3 Å². The number of nitrogens with zero attached hydrogens (tertiary/aromatic N) is 2. The second kappa shape index (κ2) is 3.76. The highest BCUT2D eigenvalue weighted by Gasteiger charge is 2.34. The van der Waals surface area contributed by atoms with E-state index in [0.717, 1.165) is 10.7 Å². The Hall–Kier alpha value is -2.05. The zero-order valence-corrected chi connectivity index (χ0v) is 8.40. The number of aromatic nitrogens is 2. The number of para-hydroxylation sites is 1. The summed E-state index contributed by atoms with van der Waals surface area (Å²) in [6, 6.07) is 3.62. The van der Waals surface area contributed by atoms with Crippen LogP contribution in [0, 0.1) is 0 Å². The van der Waals surface area contributed by atoms with Crippen LogP contribution in [-0.4, -0.2) is 20.9 Å². The number of hydrogen-bond acceptors (Lipinski definition) is 2. The van der Waals surface area contributed by atoms with Crippen molar-refractivity contribution in [3.8, 4) is 0 Å². The van der Waals surface area contributed by atoms with Crippen LogP contribution in [0.5, 0.6) is 0 Å². The summed E-state index contributed by atoms with van der Waals surface area (Å²) in [5.74, 6) is -1.24. The van der Waals surface area contributed by atoms with E-state index >= 15 is 0 Å². The van der Waals surface area contributed by atoms with Gasteiger partial charge in [0.1, 0.15) is 6.54 Å². The van der Waals surface area contributed by atoms with Gasteiger partial charge in [-0.25, -0.2) is 0 Å². The predicted octanol–water partition coefficient (Wildman–Crippen LogP) is 2.14. The minimum Gasteiger partial charge on any atom is -0.480 e. The van der Waals surface area contributed by atoms with Crippen LogP contribution in [0.1, 0.15) is 5.56 Å².